The Balaban J connectivity index is 1.84. The smallest absolute Gasteiger partial charge is 0.231 e. The van der Waals surface area contributed by atoms with Gasteiger partial charge in [0.25, 0.3) is 0 Å². The quantitative estimate of drug-likeness (QED) is 0.918. The molecular formula is C15H20N2O2. The first-order chi connectivity index (χ1) is 9.15. The van der Waals surface area contributed by atoms with Crippen LogP contribution in [0.4, 0.5) is 0 Å². The molecule has 19 heavy (non-hydrogen) atoms. The van der Waals surface area contributed by atoms with Crippen LogP contribution in [-0.2, 0) is 6.42 Å². The molecule has 0 aliphatic carbocycles. The van der Waals surface area contributed by atoms with Gasteiger partial charge in [-0.1, -0.05) is 0 Å². The third kappa shape index (κ3) is 2.28. The molecule has 1 aliphatic heterocycles. The molecule has 0 radical (unpaired) electrons. The molecule has 1 aromatic heterocycles. The lowest BCUT2D eigenvalue weighted by atomic mass is 10.1. The highest BCUT2D eigenvalue weighted by Gasteiger charge is 2.16. The highest BCUT2D eigenvalue weighted by Crippen LogP contribution is 2.36. The monoisotopic (exact) mass is 260 g/mol. The van der Waals surface area contributed by atoms with E-state index in [1.807, 2.05) is 6.07 Å². The zero-order valence-electron chi connectivity index (χ0n) is 11.7. The SMILES string of the molecule is CC(C)N(C)CCc1c[nH]c2cc3c(cc12)OCO3. The number of rotatable bonds is 4. The van der Waals surface area contributed by atoms with Gasteiger partial charge in [0.05, 0.1) is 0 Å². The molecule has 1 aromatic carbocycles. The number of nitrogens with one attached hydrogen (secondary N) is 1. The van der Waals surface area contributed by atoms with Crippen LogP contribution in [0.5, 0.6) is 11.5 Å². The summed E-state index contributed by atoms with van der Waals surface area (Å²) in [5.74, 6) is 1.69. The molecule has 0 unspecified atom stereocenters. The minimum atomic E-state index is 0.327. The molecule has 4 heteroatoms. The summed E-state index contributed by atoms with van der Waals surface area (Å²) in [6.45, 7) is 5.81. The summed E-state index contributed by atoms with van der Waals surface area (Å²) in [5, 5.41) is 1.24. The van der Waals surface area contributed by atoms with Gasteiger partial charge in [-0.2, -0.15) is 0 Å². The Morgan fingerprint density at radius 1 is 1.26 bits per heavy atom. The molecule has 1 aliphatic rings. The van der Waals surface area contributed by atoms with Crippen molar-refractivity contribution in [3.05, 3.63) is 23.9 Å². The van der Waals surface area contributed by atoms with Crippen LogP contribution in [0.3, 0.4) is 0 Å². The second-order valence-electron chi connectivity index (χ2n) is 5.39. The van der Waals surface area contributed by atoms with Crippen LogP contribution in [0.1, 0.15) is 19.4 Å². The topological polar surface area (TPSA) is 37.5 Å². The van der Waals surface area contributed by atoms with Crippen molar-refractivity contribution in [1.82, 2.24) is 9.88 Å². The maximum atomic E-state index is 5.45. The second-order valence-corrected chi connectivity index (χ2v) is 5.39. The fourth-order valence-corrected chi connectivity index (χ4v) is 2.33. The van der Waals surface area contributed by atoms with E-state index in [2.05, 4.69) is 43.0 Å². The molecule has 4 nitrogen and oxygen atoms in total. The van der Waals surface area contributed by atoms with Crippen molar-refractivity contribution in [2.24, 2.45) is 0 Å². The molecule has 102 valence electrons. The van der Waals surface area contributed by atoms with E-state index in [-0.39, 0.29) is 0 Å². The van der Waals surface area contributed by atoms with E-state index in [0.717, 1.165) is 30.0 Å². The Labute approximate surface area is 113 Å². The van der Waals surface area contributed by atoms with Gasteiger partial charge in [0.15, 0.2) is 11.5 Å². The van der Waals surface area contributed by atoms with Crippen LogP contribution in [-0.4, -0.2) is 36.3 Å². The van der Waals surface area contributed by atoms with Gasteiger partial charge in [-0.3, -0.25) is 0 Å². The zero-order chi connectivity index (χ0) is 13.4. The highest BCUT2D eigenvalue weighted by molar-refractivity contribution is 5.86. The normalized spacial score (nSPS) is 13.9. The lowest BCUT2D eigenvalue weighted by molar-refractivity contribution is 0.174. The van der Waals surface area contributed by atoms with Gasteiger partial charge >= 0.3 is 0 Å². The maximum absolute atomic E-state index is 5.45. The third-order valence-corrected chi connectivity index (χ3v) is 3.88. The van der Waals surface area contributed by atoms with Crippen molar-refractivity contribution < 1.29 is 9.47 Å². The van der Waals surface area contributed by atoms with E-state index < -0.39 is 0 Å². The zero-order valence-corrected chi connectivity index (χ0v) is 11.7. The summed E-state index contributed by atoms with van der Waals surface area (Å²) in [7, 11) is 2.16. The molecule has 0 atom stereocenters. The Kier molecular flexibility index (Phi) is 3.11. The number of fused-ring (bicyclic) bond motifs is 2. The first kappa shape index (κ1) is 12.4. The van der Waals surface area contributed by atoms with E-state index in [1.54, 1.807) is 0 Å². The summed E-state index contributed by atoms with van der Waals surface area (Å²) in [5.41, 5.74) is 2.45. The molecule has 0 fully saturated rings. The number of benzene rings is 1. The molecule has 0 bridgehead atoms. The average Bonchev–Trinajstić information content (AvgIpc) is 2.98. The molecule has 0 saturated heterocycles. The van der Waals surface area contributed by atoms with Crippen LogP contribution in [0.2, 0.25) is 0 Å². The van der Waals surface area contributed by atoms with Crippen LogP contribution in [0.15, 0.2) is 18.3 Å². The summed E-state index contributed by atoms with van der Waals surface area (Å²) >= 11 is 0. The van der Waals surface area contributed by atoms with Crippen LogP contribution in [0, 0.1) is 0 Å². The van der Waals surface area contributed by atoms with Crippen LogP contribution < -0.4 is 9.47 Å². The van der Waals surface area contributed by atoms with Crippen molar-refractivity contribution >= 4 is 10.9 Å². The number of nitrogens with zero attached hydrogens (tertiary/aromatic N) is 1. The number of ether oxygens (including phenoxy) is 2. The molecule has 2 aromatic rings. The largest absolute Gasteiger partial charge is 0.454 e. The standard InChI is InChI=1S/C15H20N2O2/c1-10(2)17(3)5-4-11-8-16-13-7-15-14(6-12(11)13)18-9-19-15/h6-8,10,16H,4-5,9H2,1-3H3. The van der Waals surface area contributed by atoms with Crippen molar-refractivity contribution in [3.63, 3.8) is 0 Å². The first-order valence-electron chi connectivity index (χ1n) is 6.75. The maximum Gasteiger partial charge on any atom is 0.231 e. The molecule has 3 rings (SSSR count). The summed E-state index contributed by atoms with van der Waals surface area (Å²) < 4.78 is 10.8. The Morgan fingerprint density at radius 2 is 2.00 bits per heavy atom. The van der Waals surface area contributed by atoms with Crippen molar-refractivity contribution in [2.45, 2.75) is 26.3 Å². The lowest BCUT2D eigenvalue weighted by Gasteiger charge is -2.20. The summed E-state index contributed by atoms with van der Waals surface area (Å²) in [6, 6.07) is 4.68. The van der Waals surface area contributed by atoms with Crippen molar-refractivity contribution in [3.8, 4) is 11.5 Å². The van der Waals surface area contributed by atoms with Crippen LogP contribution >= 0.6 is 0 Å². The van der Waals surface area contributed by atoms with Crippen molar-refractivity contribution in [2.75, 3.05) is 20.4 Å². The van der Waals surface area contributed by atoms with Gasteiger partial charge < -0.3 is 19.4 Å². The molecule has 1 N–H and O–H groups in total. The van der Waals surface area contributed by atoms with Gasteiger partial charge in [-0.05, 0) is 38.9 Å². The number of hydrogen-bond donors (Lipinski definition) is 1. The Hall–Kier alpha value is -1.68. The first-order valence-corrected chi connectivity index (χ1v) is 6.75. The Morgan fingerprint density at radius 3 is 2.74 bits per heavy atom. The number of aromatic nitrogens is 1. The fraction of sp³-hybridized carbons (Fsp3) is 0.467. The minimum Gasteiger partial charge on any atom is -0.454 e. The van der Waals surface area contributed by atoms with E-state index in [1.165, 1.54) is 10.9 Å². The predicted octanol–water partition coefficient (Wildman–Crippen LogP) is 2.78. The molecule has 2 heterocycles. The van der Waals surface area contributed by atoms with E-state index >= 15 is 0 Å². The number of aromatic amines is 1. The molecule has 0 amide bonds. The lowest BCUT2D eigenvalue weighted by Crippen LogP contribution is -2.28. The average molecular weight is 260 g/mol. The van der Waals surface area contributed by atoms with E-state index in [4.69, 9.17) is 9.47 Å². The fourth-order valence-electron chi connectivity index (χ4n) is 2.33. The Bertz CT molecular complexity index is 589. The summed E-state index contributed by atoms with van der Waals surface area (Å²) in [6.07, 6.45) is 3.13. The minimum absolute atomic E-state index is 0.327. The molecular weight excluding hydrogens is 240 g/mol. The van der Waals surface area contributed by atoms with Gasteiger partial charge in [0.2, 0.25) is 6.79 Å². The van der Waals surface area contributed by atoms with E-state index in [0.29, 0.717) is 12.8 Å². The van der Waals surface area contributed by atoms with Gasteiger partial charge in [-0.15, -0.1) is 0 Å². The van der Waals surface area contributed by atoms with Crippen molar-refractivity contribution in [1.29, 1.82) is 0 Å². The number of H-pyrrole nitrogens is 1. The van der Waals surface area contributed by atoms with Crippen LogP contribution in [0.25, 0.3) is 10.9 Å². The molecule has 0 spiro atoms. The second kappa shape index (κ2) is 4.78. The third-order valence-electron chi connectivity index (χ3n) is 3.88. The summed E-state index contributed by atoms with van der Waals surface area (Å²) in [4.78, 5) is 5.67. The predicted molar refractivity (Wildman–Crippen MR) is 75.9 cm³/mol. The van der Waals surface area contributed by atoms with Gasteiger partial charge in [0, 0.05) is 35.8 Å². The highest BCUT2D eigenvalue weighted by atomic mass is 16.7. The van der Waals surface area contributed by atoms with E-state index in [9.17, 15) is 0 Å². The number of hydrogen-bond acceptors (Lipinski definition) is 3. The molecule has 0 saturated carbocycles. The van der Waals surface area contributed by atoms with Gasteiger partial charge in [-0.25, -0.2) is 0 Å². The number of likely N-dealkylation sites (N-methyl/N-ethyl adjacent to an activating group) is 1. The van der Waals surface area contributed by atoms with Gasteiger partial charge in [0.1, 0.15) is 0 Å².